The number of carbonyl (C=O) groups excluding carboxylic acids is 2. The molecule has 10 nitrogen and oxygen atoms in total. The Kier molecular flexibility index (Phi) is 3.88. The van der Waals surface area contributed by atoms with Crippen molar-refractivity contribution in [1.29, 1.82) is 0 Å². The van der Waals surface area contributed by atoms with Gasteiger partial charge in [-0.2, -0.15) is 0 Å². The van der Waals surface area contributed by atoms with E-state index in [1.807, 2.05) is 18.2 Å². The molecule has 3 heterocycles. The van der Waals surface area contributed by atoms with Crippen LogP contribution in [0.3, 0.4) is 0 Å². The van der Waals surface area contributed by atoms with Gasteiger partial charge >= 0.3 is 11.9 Å². The van der Waals surface area contributed by atoms with E-state index in [9.17, 15) is 14.7 Å². The minimum atomic E-state index is -1.33. The number of hydrogen-bond donors (Lipinski definition) is 3. The van der Waals surface area contributed by atoms with Crippen LogP contribution in [0.2, 0.25) is 0 Å². The highest BCUT2D eigenvalue weighted by molar-refractivity contribution is 8.17. The van der Waals surface area contributed by atoms with Gasteiger partial charge in [0.2, 0.25) is 11.0 Å². The van der Waals surface area contributed by atoms with E-state index in [4.69, 9.17) is 9.47 Å². The molecule has 0 unspecified atom stereocenters. The van der Waals surface area contributed by atoms with Crippen LogP contribution < -0.4 is 5.43 Å². The van der Waals surface area contributed by atoms with Gasteiger partial charge in [-0.3, -0.25) is 5.43 Å². The quantitative estimate of drug-likeness (QED) is 0.312. The summed E-state index contributed by atoms with van der Waals surface area (Å²) in [7, 11) is 0. The van der Waals surface area contributed by atoms with Crippen molar-refractivity contribution in [1.82, 2.24) is 4.98 Å². The molecule has 0 saturated carbocycles. The smallest absolute Gasteiger partial charge is 0.351 e. The fourth-order valence-corrected chi connectivity index (χ4v) is 3.23. The number of carbonyl (C=O) groups is 2. The molecule has 4 rings (SSSR count). The first-order valence-corrected chi connectivity index (χ1v) is 8.59. The number of nitrogens with zero attached hydrogens (tertiary/aromatic N) is 3. The van der Waals surface area contributed by atoms with Crippen molar-refractivity contribution < 1.29 is 24.2 Å². The second-order valence-electron chi connectivity index (χ2n) is 6.06. The number of H-pyrrole nitrogens is 1. The number of fused-ring (bicyclic) bond motifs is 1. The number of aromatic amines is 1. The molecule has 0 radical (unpaired) electrons. The first kappa shape index (κ1) is 17.1. The van der Waals surface area contributed by atoms with Gasteiger partial charge in [-0.25, -0.2) is 9.59 Å². The van der Waals surface area contributed by atoms with Gasteiger partial charge in [0.25, 0.3) is 5.79 Å². The van der Waals surface area contributed by atoms with Crippen LogP contribution in [-0.2, 0) is 19.1 Å². The lowest BCUT2D eigenvalue weighted by atomic mass is 10.2. The molecule has 0 bridgehead atoms. The predicted octanol–water partition coefficient (Wildman–Crippen LogP) is 2.80. The van der Waals surface area contributed by atoms with Crippen molar-refractivity contribution in [3.05, 3.63) is 34.9 Å². The fraction of sp³-hybridized carbons (Fsp3) is 0.188. The lowest BCUT2D eigenvalue weighted by Gasteiger charge is -2.29. The molecule has 11 heteroatoms. The maximum absolute atomic E-state index is 12.1. The first-order valence-electron chi connectivity index (χ1n) is 7.78. The van der Waals surface area contributed by atoms with Gasteiger partial charge in [-0.05, 0) is 17.8 Å². The number of hydrazone groups is 1. The molecule has 0 aliphatic carbocycles. The van der Waals surface area contributed by atoms with Crippen molar-refractivity contribution in [2.75, 3.05) is 5.43 Å². The summed E-state index contributed by atoms with van der Waals surface area (Å²) in [5, 5.41) is 22.6. The molecule has 1 saturated heterocycles. The molecule has 3 N–H and O–H groups in total. The lowest BCUT2D eigenvalue weighted by Crippen LogP contribution is -2.42. The number of benzene rings is 1. The average molecular weight is 387 g/mol. The number of ether oxygens (including phenoxy) is 2. The third kappa shape index (κ3) is 3.12. The van der Waals surface area contributed by atoms with Crippen LogP contribution in [0.25, 0.3) is 10.9 Å². The van der Waals surface area contributed by atoms with Gasteiger partial charge in [-0.15, -0.1) is 15.3 Å². The number of aromatic nitrogens is 1. The van der Waals surface area contributed by atoms with Crippen LogP contribution >= 0.6 is 11.8 Å². The second-order valence-corrected chi connectivity index (χ2v) is 7.02. The normalized spacial score (nSPS) is 20.3. The standard InChI is InChI=1S/C16H13N5O5S/c1-16(2)25-13(23)9(14(24)26-16)12-19-21-15(27-12)20-18-10-7-5-3-4-6-8(7)17-11(10)22/h3-6,17-18,22H,1-2H3/b20-15+. The molecule has 0 atom stereocenters. The number of para-hydroxylation sites is 1. The summed E-state index contributed by atoms with van der Waals surface area (Å²) in [5.74, 6) is -3.08. The van der Waals surface area contributed by atoms with E-state index in [0.717, 1.165) is 22.7 Å². The zero-order valence-electron chi connectivity index (χ0n) is 14.1. The largest absolute Gasteiger partial charge is 0.493 e. The van der Waals surface area contributed by atoms with Crippen molar-refractivity contribution in [3.8, 4) is 5.88 Å². The Morgan fingerprint density at radius 2 is 1.89 bits per heavy atom. The number of anilines is 1. The number of amidine groups is 1. The molecule has 0 spiro atoms. The van der Waals surface area contributed by atoms with Crippen molar-refractivity contribution in [3.63, 3.8) is 0 Å². The Bertz CT molecular complexity index is 1050. The van der Waals surface area contributed by atoms with E-state index in [-0.39, 0.29) is 21.6 Å². The lowest BCUT2D eigenvalue weighted by molar-refractivity contribution is -0.222. The molecule has 2 aliphatic heterocycles. The summed E-state index contributed by atoms with van der Waals surface area (Å²) < 4.78 is 10.1. The average Bonchev–Trinajstić information content (AvgIpc) is 3.15. The Morgan fingerprint density at radius 3 is 2.63 bits per heavy atom. The summed E-state index contributed by atoms with van der Waals surface area (Å²) in [6.45, 7) is 2.91. The van der Waals surface area contributed by atoms with Crippen LogP contribution in [0.1, 0.15) is 13.8 Å². The number of thioether (sulfide) groups is 1. The monoisotopic (exact) mass is 387 g/mol. The summed E-state index contributed by atoms with van der Waals surface area (Å²) >= 11 is 0.898. The Labute approximate surface area is 156 Å². The van der Waals surface area contributed by atoms with Crippen LogP contribution in [0.15, 0.2) is 50.2 Å². The topological polar surface area (TPSA) is 138 Å². The highest BCUT2D eigenvalue weighted by atomic mass is 32.2. The fourth-order valence-electron chi connectivity index (χ4n) is 2.53. The van der Waals surface area contributed by atoms with Gasteiger partial charge in [0.05, 0.1) is 5.52 Å². The minimum absolute atomic E-state index is 0.0317. The van der Waals surface area contributed by atoms with Crippen LogP contribution in [0.4, 0.5) is 5.69 Å². The van der Waals surface area contributed by atoms with Crippen molar-refractivity contribution >= 4 is 45.5 Å². The zero-order valence-corrected chi connectivity index (χ0v) is 15.0. The van der Waals surface area contributed by atoms with Gasteiger partial charge in [-0.1, -0.05) is 18.2 Å². The summed E-state index contributed by atoms with van der Waals surface area (Å²) in [6, 6.07) is 7.27. The number of esters is 2. The Morgan fingerprint density at radius 1 is 1.19 bits per heavy atom. The van der Waals surface area contributed by atoms with Crippen LogP contribution in [0.5, 0.6) is 5.88 Å². The first-order chi connectivity index (χ1) is 12.8. The SMILES string of the molecule is CC1(C)OC(=O)C(=C2N=N/C(=N\Nc3c(O)[nH]c4ccccc34)S2)C(=O)O1. The number of aromatic hydroxyl groups is 1. The minimum Gasteiger partial charge on any atom is -0.493 e. The molecule has 1 aromatic carbocycles. The maximum atomic E-state index is 12.1. The van der Waals surface area contributed by atoms with E-state index in [2.05, 4.69) is 25.7 Å². The van der Waals surface area contributed by atoms with Gasteiger partial charge in [0.1, 0.15) is 10.7 Å². The van der Waals surface area contributed by atoms with E-state index < -0.39 is 17.7 Å². The molecule has 138 valence electrons. The number of azo groups is 1. The van der Waals surface area contributed by atoms with E-state index in [1.165, 1.54) is 13.8 Å². The van der Waals surface area contributed by atoms with E-state index >= 15 is 0 Å². The predicted molar refractivity (Wildman–Crippen MR) is 96.8 cm³/mol. The molecule has 2 aliphatic rings. The Balaban J connectivity index is 1.56. The molecule has 1 fully saturated rings. The van der Waals surface area contributed by atoms with Crippen LogP contribution in [0, 0.1) is 0 Å². The highest BCUT2D eigenvalue weighted by Crippen LogP contribution is 2.36. The van der Waals surface area contributed by atoms with E-state index in [0.29, 0.717) is 5.69 Å². The Hall–Kier alpha value is -3.34. The van der Waals surface area contributed by atoms with Gasteiger partial charge in [0.15, 0.2) is 5.57 Å². The number of rotatable bonds is 2. The van der Waals surface area contributed by atoms with Gasteiger partial charge in [0, 0.05) is 19.2 Å². The molecule has 2 aromatic rings. The number of nitrogens with one attached hydrogen (secondary N) is 2. The molecule has 0 amide bonds. The second kappa shape index (κ2) is 6.13. The zero-order chi connectivity index (χ0) is 19.2. The summed E-state index contributed by atoms with van der Waals surface area (Å²) in [5.41, 5.74) is 3.49. The van der Waals surface area contributed by atoms with Crippen LogP contribution in [-0.4, -0.2) is 33.0 Å². The number of hydrogen-bond acceptors (Lipinski definition) is 9. The van der Waals surface area contributed by atoms with E-state index in [1.54, 1.807) is 6.07 Å². The summed E-state index contributed by atoms with van der Waals surface area (Å²) in [4.78, 5) is 26.9. The molecule has 1 aromatic heterocycles. The van der Waals surface area contributed by atoms with Crippen molar-refractivity contribution in [2.24, 2.45) is 15.3 Å². The highest BCUT2D eigenvalue weighted by Gasteiger charge is 2.42. The summed E-state index contributed by atoms with van der Waals surface area (Å²) in [6.07, 6.45) is 0. The molecule has 27 heavy (non-hydrogen) atoms. The van der Waals surface area contributed by atoms with Gasteiger partial charge < -0.3 is 19.6 Å². The molecular formula is C16H13N5O5S. The third-order valence-corrected chi connectivity index (χ3v) is 4.50. The third-order valence-electron chi connectivity index (χ3n) is 3.66. The number of cyclic esters (lactones) is 2. The van der Waals surface area contributed by atoms with Crippen molar-refractivity contribution in [2.45, 2.75) is 19.6 Å². The maximum Gasteiger partial charge on any atom is 0.351 e. The molecular weight excluding hydrogens is 374 g/mol.